The number of hydrogen-bond donors (Lipinski definition) is 1. The van der Waals surface area contributed by atoms with Gasteiger partial charge < -0.3 is 10.1 Å². The van der Waals surface area contributed by atoms with E-state index in [4.69, 9.17) is 21.4 Å². The molecule has 0 saturated heterocycles. The van der Waals surface area contributed by atoms with Crippen LogP contribution in [0.5, 0.6) is 5.75 Å². The number of thioether (sulfide) groups is 1. The second-order valence-electron chi connectivity index (χ2n) is 6.84. The minimum atomic E-state index is -0.167. The van der Waals surface area contributed by atoms with E-state index in [2.05, 4.69) is 12.2 Å². The molecule has 1 N–H and O–H groups in total. The molecule has 2 heterocycles. The van der Waals surface area contributed by atoms with Gasteiger partial charge in [0.1, 0.15) is 11.6 Å². The molecule has 2 aromatic carbocycles. The minimum Gasteiger partial charge on any atom is -0.494 e. The lowest BCUT2D eigenvalue weighted by Gasteiger charge is -2.12. The number of unbranched alkanes of at least 4 members (excludes halogenated alkanes) is 1. The van der Waals surface area contributed by atoms with E-state index in [1.807, 2.05) is 36.4 Å². The summed E-state index contributed by atoms with van der Waals surface area (Å²) >= 11 is 7.82. The number of fused-ring (bicyclic) bond motifs is 1. The van der Waals surface area contributed by atoms with Crippen LogP contribution in [0.2, 0.25) is 5.02 Å². The van der Waals surface area contributed by atoms with Gasteiger partial charge in [-0.15, -0.1) is 0 Å². The quantitative estimate of drug-likeness (QED) is 0.491. The molecule has 29 heavy (non-hydrogen) atoms. The third-order valence-electron chi connectivity index (χ3n) is 4.74. The molecular formula is C22H22ClN3O2S. The number of nitrogens with zero attached hydrogens (tertiary/aromatic N) is 2. The van der Waals surface area contributed by atoms with E-state index in [9.17, 15) is 4.79 Å². The second kappa shape index (κ2) is 8.93. The Kier molecular flexibility index (Phi) is 6.11. The van der Waals surface area contributed by atoms with Gasteiger partial charge in [-0.05, 0) is 55.0 Å². The fraction of sp³-hybridized carbons (Fsp3) is 0.273. The number of hydrogen-bond acceptors (Lipinski definition) is 4. The number of ether oxygens (including phenoxy) is 1. The summed E-state index contributed by atoms with van der Waals surface area (Å²) in [7, 11) is 0. The lowest BCUT2D eigenvalue weighted by Crippen LogP contribution is -2.16. The van der Waals surface area contributed by atoms with Crippen LogP contribution >= 0.6 is 23.4 Å². The normalized spacial score (nSPS) is 12.6. The van der Waals surface area contributed by atoms with E-state index in [1.54, 1.807) is 28.6 Å². The smallest absolute Gasteiger partial charge is 0.256 e. The zero-order valence-corrected chi connectivity index (χ0v) is 17.7. The molecule has 1 aliphatic heterocycles. The Morgan fingerprint density at radius 1 is 1.17 bits per heavy atom. The number of aromatic nitrogens is 2. The van der Waals surface area contributed by atoms with Crippen LogP contribution in [0.15, 0.2) is 48.5 Å². The van der Waals surface area contributed by atoms with E-state index in [0.717, 1.165) is 52.9 Å². The Labute approximate surface area is 179 Å². The Morgan fingerprint density at radius 3 is 2.66 bits per heavy atom. The van der Waals surface area contributed by atoms with Gasteiger partial charge in [-0.25, -0.2) is 4.68 Å². The van der Waals surface area contributed by atoms with Crippen molar-refractivity contribution in [1.29, 1.82) is 0 Å². The zero-order valence-electron chi connectivity index (χ0n) is 16.2. The SMILES string of the molecule is CCCCOc1ccc(C(=O)Nc2c3c(nn2-c2ccc(Cl)cc2)CSC3)cc1. The molecule has 5 nitrogen and oxygen atoms in total. The number of benzene rings is 2. The first kappa shape index (κ1) is 19.9. The van der Waals surface area contributed by atoms with E-state index in [0.29, 0.717) is 17.2 Å². The summed E-state index contributed by atoms with van der Waals surface area (Å²) in [5.41, 5.74) is 3.54. The Morgan fingerprint density at radius 2 is 1.93 bits per heavy atom. The lowest BCUT2D eigenvalue weighted by molar-refractivity contribution is 0.102. The van der Waals surface area contributed by atoms with Crippen molar-refractivity contribution in [3.05, 3.63) is 70.4 Å². The number of carbonyl (C=O) groups excluding carboxylic acids is 1. The first-order valence-corrected chi connectivity index (χ1v) is 11.2. The molecule has 0 aliphatic carbocycles. The maximum Gasteiger partial charge on any atom is 0.256 e. The topological polar surface area (TPSA) is 56.1 Å². The molecule has 4 rings (SSSR count). The molecule has 0 unspecified atom stereocenters. The van der Waals surface area contributed by atoms with Crippen molar-refractivity contribution in [2.75, 3.05) is 11.9 Å². The Balaban J connectivity index is 1.56. The van der Waals surface area contributed by atoms with Gasteiger partial charge in [0.25, 0.3) is 5.91 Å². The highest BCUT2D eigenvalue weighted by Gasteiger charge is 2.25. The Bertz CT molecular complexity index is 1000. The predicted octanol–water partition coefficient (Wildman–Crippen LogP) is 5.70. The van der Waals surface area contributed by atoms with Crippen LogP contribution in [0.4, 0.5) is 5.82 Å². The first-order chi connectivity index (χ1) is 14.2. The van der Waals surface area contributed by atoms with E-state index in [1.165, 1.54) is 0 Å². The number of halogens is 1. The maximum absolute atomic E-state index is 12.9. The second-order valence-corrected chi connectivity index (χ2v) is 8.26. The average molecular weight is 428 g/mol. The van der Waals surface area contributed by atoms with E-state index >= 15 is 0 Å². The average Bonchev–Trinajstić information content (AvgIpc) is 3.32. The van der Waals surface area contributed by atoms with Gasteiger partial charge in [0.2, 0.25) is 0 Å². The molecule has 0 spiro atoms. The summed E-state index contributed by atoms with van der Waals surface area (Å²) in [4.78, 5) is 12.9. The summed E-state index contributed by atoms with van der Waals surface area (Å²) in [5.74, 6) is 3.02. The predicted molar refractivity (Wildman–Crippen MR) is 118 cm³/mol. The molecule has 3 aromatic rings. The van der Waals surface area contributed by atoms with Crippen molar-refractivity contribution in [3.8, 4) is 11.4 Å². The number of rotatable bonds is 7. The van der Waals surface area contributed by atoms with Crippen molar-refractivity contribution >= 4 is 35.1 Å². The maximum atomic E-state index is 12.9. The molecule has 1 aromatic heterocycles. The molecule has 7 heteroatoms. The number of carbonyl (C=O) groups is 1. The molecule has 0 bridgehead atoms. The zero-order chi connectivity index (χ0) is 20.2. The first-order valence-electron chi connectivity index (χ1n) is 9.64. The van der Waals surface area contributed by atoms with Crippen molar-refractivity contribution < 1.29 is 9.53 Å². The van der Waals surface area contributed by atoms with Crippen LogP contribution in [-0.4, -0.2) is 22.3 Å². The molecule has 0 radical (unpaired) electrons. The van der Waals surface area contributed by atoms with Crippen LogP contribution in [0, 0.1) is 0 Å². The summed E-state index contributed by atoms with van der Waals surface area (Å²) in [6, 6.07) is 14.7. The molecular weight excluding hydrogens is 406 g/mol. The van der Waals surface area contributed by atoms with E-state index in [-0.39, 0.29) is 5.91 Å². The van der Waals surface area contributed by atoms with Gasteiger partial charge in [-0.2, -0.15) is 16.9 Å². The van der Waals surface area contributed by atoms with Gasteiger partial charge in [0.05, 0.1) is 18.0 Å². The van der Waals surface area contributed by atoms with Gasteiger partial charge in [0.15, 0.2) is 0 Å². The van der Waals surface area contributed by atoms with Gasteiger partial charge in [-0.1, -0.05) is 24.9 Å². The standard InChI is InChI=1S/C22H22ClN3O2S/c1-2-3-12-28-18-10-4-15(5-11-18)22(27)24-21-19-13-29-14-20(19)25-26(21)17-8-6-16(23)7-9-17/h4-11H,2-3,12-14H2,1H3,(H,24,27). The number of anilines is 1. The molecule has 1 aliphatic rings. The lowest BCUT2D eigenvalue weighted by atomic mass is 10.2. The fourth-order valence-corrected chi connectivity index (χ4v) is 4.29. The van der Waals surface area contributed by atoms with Crippen LogP contribution in [0.1, 0.15) is 41.4 Å². The minimum absolute atomic E-state index is 0.167. The van der Waals surface area contributed by atoms with Crippen molar-refractivity contribution in [2.45, 2.75) is 31.3 Å². The highest BCUT2D eigenvalue weighted by atomic mass is 35.5. The van der Waals surface area contributed by atoms with Gasteiger partial charge in [-0.3, -0.25) is 4.79 Å². The van der Waals surface area contributed by atoms with E-state index < -0.39 is 0 Å². The summed E-state index contributed by atoms with van der Waals surface area (Å²) in [5, 5.41) is 8.44. The summed E-state index contributed by atoms with van der Waals surface area (Å²) in [6.07, 6.45) is 2.10. The Hall–Kier alpha value is -2.44. The molecule has 150 valence electrons. The van der Waals surface area contributed by atoms with Crippen LogP contribution < -0.4 is 10.1 Å². The summed E-state index contributed by atoms with van der Waals surface area (Å²) in [6.45, 7) is 2.81. The van der Waals surface area contributed by atoms with Crippen LogP contribution in [0.25, 0.3) is 5.69 Å². The van der Waals surface area contributed by atoms with Crippen molar-refractivity contribution in [2.24, 2.45) is 0 Å². The number of amides is 1. The van der Waals surface area contributed by atoms with Crippen molar-refractivity contribution in [1.82, 2.24) is 9.78 Å². The van der Waals surface area contributed by atoms with Crippen LogP contribution in [0.3, 0.4) is 0 Å². The number of nitrogens with one attached hydrogen (secondary N) is 1. The monoisotopic (exact) mass is 427 g/mol. The highest BCUT2D eigenvalue weighted by Crippen LogP contribution is 2.36. The third-order valence-corrected chi connectivity index (χ3v) is 5.96. The van der Waals surface area contributed by atoms with Gasteiger partial charge in [0, 0.05) is 27.7 Å². The highest BCUT2D eigenvalue weighted by molar-refractivity contribution is 7.98. The molecule has 0 fully saturated rings. The van der Waals surface area contributed by atoms with Gasteiger partial charge >= 0.3 is 0 Å². The third kappa shape index (κ3) is 4.43. The van der Waals surface area contributed by atoms with Crippen LogP contribution in [-0.2, 0) is 11.5 Å². The largest absolute Gasteiger partial charge is 0.494 e. The molecule has 1 amide bonds. The summed E-state index contributed by atoms with van der Waals surface area (Å²) < 4.78 is 7.47. The molecule has 0 saturated carbocycles. The fourth-order valence-electron chi connectivity index (χ4n) is 3.13. The molecule has 0 atom stereocenters. The van der Waals surface area contributed by atoms with Crippen molar-refractivity contribution in [3.63, 3.8) is 0 Å².